The van der Waals surface area contributed by atoms with E-state index in [1.165, 1.54) is 43.4 Å². The van der Waals surface area contributed by atoms with Crippen LogP contribution in [0.3, 0.4) is 0 Å². The van der Waals surface area contributed by atoms with Crippen molar-refractivity contribution in [2.75, 3.05) is 23.3 Å². The van der Waals surface area contributed by atoms with Gasteiger partial charge in [-0.05, 0) is 60.7 Å². The molecule has 0 bridgehead atoms. The number of benzene rings is 3. The highest BCUT2D eigenvalue weighted by Gasteiger charge is 2.30. The van der Waals surface area contributed by atoms with Gasteiger partial charge in [0.2, 0.25) is 0 Å². The van der Waals surface area contributed by atoms with Crippen molar-refractivity contribution in [3.63, 3.8) is 0 Å². The van der Waals surface area contributed by atoms with Crippen molar-refractivity contribution in [1.82, 2.24) is 0 Å². The predicted octanol–water partition coefficient (Wildman–Crippen LogP) is 4.55. The predicted molar refractivity (Wildman–Crippen MR) is 114 cm³/mol. The topological polar surface area (TPSA) is 75.7 Å². The number of rotatable bonds is 7. The van der Waals surface area contributed by atoms with Gasteiger partial charge in [0.15, 0.2) is 6.61 Å². The van der Waals surface area contributed by atoms with Gasteiger partial charge < -0.3 is 10.1 Å². The molecule has 3 rings (SSSR count). The van der Waals surface area contributed by atoms with Crippen LogP contribution in [-0.2, 0) is 21.0 Å². The largest absolute Gasteiger partial charge is 0.484 e. The van der Waals surface area contributed by atoms with Gasteiger partial charge in [-0.25, -0.2) is 8.42 Å². The van der Waals surface area contributed by atoms with Crippen molar-refractivity contribution >= 4 is 27.3 Å². The van der Waals surface area contributed by atoms with Crippen LogP contribution < -0.4 is 14.4 Å². The second-order valence-electron chi connectivity index (χ2n) is 6.69. The third-order valence-electron chi connectivity index (χ3n) is 4.47. The fourth-order valence-corrected chi connectivity index (χ4v) is 3.95. The van der Waals surface area contributed by atoms with Crippen molar-refractivity contribution in [3.05, 3.63) is 84.4 Å². The van der Waals surface area contributed by atoms with Gasteiger partial charge >= 0.3 is 6.18 Å². The zero-order chi connectivity index (χ0) is 23.4. The van der Waals surface area contributed by atoms with Gasteiger partial charge in [-0.2, -0.15) is 13.2 Å². The van der Waals surface area contributed by atoms with Crippen LogP contribution in [0.25, 0.3) is 0 Å². The Bertz CT molecular complexity index is 1160. The number of ether oxygens (including phenoxy) is 1. The Balaban J connectivity index is 1.57. The summed E-state index contributed by atoms with van der Waals surface area (Å²) in [5.41, 5.74) is -0.212. The number of alkyl halides is 3. The van der Waals surface area contributed by atoms with Crippen molar-refractivity contribution in [2.45, 2.75) is 11.1 Å². The van der Waals surface area contributed by atoms with Crippen LogP contribution >= 0.6 is 0 Å². The van der Waals surface area contributed by atoms with Gasteiger partial charge in [-0.3, -0.25) is 9.10 Å². The number of hydrogen-bond donors (Lipinski definition) is 1. The highest BCUT2D eigenvalue weighted by Crippen LogP contribution is 2.30. The minimum atomic E-state index is -4.45. The minimum absolute atomic E-state index is 0.155. The van der Waals surface area contributed by atoms with Crippen molar-refractivity contribution in [3.8, 4) is 5.75 Å². The second kappa shape index (κ2) is 9.31. The number of amides is 1. The maximum absolute atomic E-state index is 12.7. The molecule has 0 atom stereocenters. The van der Waals surface area contributed by atoms with E-state index in [2.05, 4.69) is 5.32 Å². The maximum Gasteiger partial charge on any atom is 0.416 e. The summed E-state index contributed by atoms with van der Waals surface area (Å²) in [6.45, 7) is -0.376. The molecule has 0 aromatic heterocycles. The molecular formula is C22H19F3N2O4S. The molecule has 1 amide bonds. The molecular weight excluding hydrogens is 445 g/mol. The number of halogens is 3. The lowest BCUT2D eigenvalue weighted by Gasteiger charge is -2.19. The number of carbonyl (C=O) groups is 1. The summed E-state index contributed by atoms with van der Waals surface area (Å²) in [6, 6.07) is 18.1. The molecule has 0 spiro atoms. The van der Waals surface area contributed by atoms with Crippen molar-refractivity contribution < 1.29 is 31.1 Å². The monoisotopic (exact) mass is 464 g/mol. The van der Waals surface area contributed by atoms with Crippen molar-refractivity contribution in [1.29, 1.82) is 0 Å². The van der Waals surface area contributed by atoms with Crippen LogP contribution in [0.4, 0.5) is 24.5 Å². The summed E-state index contributed by atoms with van der Waals surface area (Å²) in [5, 5.41) is 2.44. The van der Waals surface area contributed by atoms with E-state index in [9.17, 15) is 26.4 Å². The number of sulfonamides is 1. The summed E-state index contributed by atoms with van der Waals surface area (Å²) in [7, 11) is -2.29. The lowest BCUT2D eigenvalue weighted by Crippen LogP contribution is -2.26. The molecule has 10 heteroatoms. The first-order chi connectivity index (χ1) is 15.1. The van der Waals surface area contributed by atoms with Crippen LogP contribution in [0.2, 0.25) is 0 Å². The van der Waals surface area contributed by atoms with Crippen LogP contribution in [-0.4, -0.2) is 28.0 Å². The normalized spacial score (nSPS) is 11.6. The third kappa shape index (κ3) is 5.58. The van der Waals surface area contributed by atoms with Gasteiger partial charge in [0.05, 0.1) is 16.1 Å². The summed E-state index contributed by atoms with van der Waals surface area (Å²) in [4.78, 5) is 12.1. The Labute approximate surface area is 183 Å². The van der Waals surface area contributed by atoms with E-state index in [1.54, 1.807) is 18.2 Å². The molecule has 168 valence electrons. The molecule has 1 N–H and O–H groups in total. The van der Waals surface area contributed by atoms with E-state index < -0.39 is 27.7 Å². The quantitative estimate of drug-likeness (QED) is 0.557. The molecule has 0 saturated carbocycles. The summed E-state index contributed by atoms with van der Waals surface area (Å²) < 4.78 is 69.5. The highest BCUT2D eigenvalue weighted by atomic mass is 32.2. The number of nitrogens with zero attached hydrogens (tertiary/aromatic N) is 1. The molecule has 0 heterocycles. The average molecular weight is 464 g/mol. The van der Waals surface area contributed by atoms with Crippen LogP contribution in [0.1, 0.15) is 5.56 Å². The standard InChI is InChI=1S/C22H19F3N2O4S/c1-27(32(29,30)20-5-3-2-4-6-20)18-11-13-19(14-12-18)31-15-21(28)26-17-9-7-16(8-10-17)22(23,24)25/h2-14H,15H2,1H3,(H,26,28). The van der Waals surface area contributed by atoms with E-state index >= 15 is 0 Å². The van der Waals surface area contributed by atoms with Crippen LogP contribution in [0, 0.1) is 0 Å². The fourth-order valence-electron chi connectivity index (χ4n) is 2.73. The molecule has 0 aliphatic rings. The van der Waals surface area contributed by atoms with Gasteiger partial charge in [0.25, 0.3) is 15.9 Å². The Morgan fingerprint density at radius 3 is 2.09 bits per heavy atom. The zero-order valence-corrected chi connectivity index (χ0v) is 17.7. The van der Waals surface area contributed by atoms with E-state index in [-0.39, 0.29) is 17.2 Å². The zero-order valence-electron chi connectivity index (χ0n) is 16.8. The molecule has 0 unspecified atom stereocenters. The lowest BCUT2D eigenvalue weighted by molar-refractivity contribution is -0.137. The van der Waals surface area contributed by atoms with Gasteiger partial charge in [-0.1, -0.05) is 18.2 Å². The Morgan fingerprint density at radius 1 is 0.938 bits per heavy atom. The second-order valence-corrected chi connectivity index (χ2v) is 8.66. The fraction of sp³-hybridized carbons (Fsp3) is 0.136. The Kier molecular flexibility index (Phi) is 6.73. The van der Waals surface area contributed by atoms with Crippen LogP contribution in [0.5, 0.6) is 5.75 Å². The molecule has 3 aromatic rings. The van der Waals surface area contributed by atoms with Gasteiger partial charge in [0.1, 0.15) is 5.75 Å². The number of anilines is 2. The molecule has 0 aliphatic heterocycles. The highest BCUT2D eigenvalue weighted by molar-refractivity contribution is 7.92. The third-order valence-corrected chi connectivity index (χ3v) is 6.27. The van der Waals surface area contributed by atoms with Crippen molar-refractivity contribution in [2.24, 2.45) is 0 Å². The van der Waals surface area contributed by atoms with E-state index in [0.29, 0.717) is 11.4 Å². The van der Waals surface area contributed by atoms with Gasteiger partial charge in [0, 0.05) is 12.7 Å². The maximum atomic E-state index is 12.7. The molecule has 0 fully saturated rings. The Morgan fingerprint density at radius 2 is 1.53 bits per heavy atom. The molecule has 3 aromatic carbocycles. The first kappa shape index (κ1) is 23.1. The first-order valence-corrected chi connectivity index (χ1v) is 10.8. The summed E-state index contributed by atoms with van der Waals surface area (Å²) >= 11 is 0. The van der Waals surface area contributed by atoms with Gasteiger partial charge in [-0.15, -0.1) is 0 Å². The summed E-state index contributed by atoms with van der Waals surface area (Å²) in [5.74, 6) is -0.237. The molecule has 0 saturated heterocycles. The Hall–Kier alpha value is -3.53. The first-order valence-electron chi connectivity index (χ1n) is 9.31. The smallest absolute Gasteiger partial charge is 0.416 e. The molecule has 32 heavy (non-hydrogen) atoms. The SMILES string of the molecule is CN(c1ccc(OCC(=O)Nc2ccc(C(F)(F)F)cc2)cc1)S(=O)(=O)c1ccccc1. The van der Waals surface area contributed by atoms with E-state index in [4.69, 9.17) is 4.74 Å². The average Bonchev–Trinajstić information content (AvgIpc) is 2.78. The summed E-state index contributed by atoms with van der Waals surface area (Å²) in [6.07, 6.45) is -4.45. The number of hydrogen-bond acceptors (Lipinski definition) is 4. The lowest BCUT2D eigenvalue weighted by atomic mass is 10.2. The molecule has 0 aliphatic carbocycles. The molecule has 0 radical (unpaired) electrons. The molecule has 6 nitrogen and oxygen atoms in total. The van der Waals surface area contributed by atoms with E-state index in [1.807, 2.05) is 0 Å². The number of carbonyl (C=O) groups excluding carboxylic acids is 1. The number of nitrogens with one attached hydrogen (secondary N) is 1. The minimum Gasteiger partial charge on any atom is -0.484 e. The van der Waals surface area contributed by atoms with Crippen LogP contribution in [0.15, 0.2) is 83.8 Å². The van der Waals surface area contributed by atoms with E-state index in [0.717, 1.165) is 28.6 Å².